The van der Waals surface area contributed by atoms with Crippen LogP contribution in [0.15, 0.2) is 206 Å². The van der Waals surface area contributed by atoms with Gasteiger partial charge in [0.1, 0.15) is 0 Å². The Hall–Kier alpha value is -7.16. The van der Waals surface area contributed by atoms with Gasteiger partial charge in [0, 0.05) is 44.7 Å². The second kappa shape index (κ2) is 13.7. The van der Waals surface area contributed by atoms with Crippen LogP contribution in [0.4, 0.5) is 34.1 Å². The van der Waals surface area contributed by atoms with Crippen molar-refractivity contribution in [3.63, 3.8) is 0 Å². The lowest BCUT2D eigenvalue weighted by Gasteiger charge is -2.30. The van der Waals surface area contributed by atoms with E-state index in [0.717, 1.165) is 28.4 Å². The summed E-state index contributed by atoms with van der Waals surface area (Å²) in [5.41, 5.74) is 19.7. The number of para-hydroxylation sites is 1. The summed E-state index contributed by atoms with van der Waals surface area (Å²) in [7, 11) is 0. The summed E-state index contributed by atoms with van der Waals surface area (Å²) in [5.74, 6) is 0. The first kappa shape index (κ1) is 36.0. The number of hydrogen-bond acceptors (Lipinski definition) is 2. The zero-order valence-electron chi connectivity index (χ0n) is 34.5. The first-order valence-corrected chi connectivity index (χ1v) is 21.1. The number of nitrogens with zero attached hydrogens (tertiary/aromatic N) is 2. The van der Waals surface area contributed by atoms with Gasteiger partial charge in [0.15, 0.2) is 0 Å². The van der Waals surface area contributed by atoms with E-state index in [9.17, 15) is 0 Å². The molecule has 2 aliphatic carbocycles. The van der Waals surface area contributed by atoms with Crippen LogP contribution in [0.2, 0.25) is 0 Å². The maximum atomic E-state index is 2.45. The molecule has 9 aromatic rings. The molecule has 0 radical (unpaired) electrons. The molecule has 9 aromatic carbocycles. The van der Waals surface area contributed by atoms with Crippen LogP contribution in [0.25, 0.3) is 44.2 Å². The average Bonchev–Trinajstić information content (AvgIpc) is 3.66. The van der Waals surface area contributed by atoms with Gasteiger partial charge in [0.2, 0.25) is 0 Å². The van der Waals surface area contributed by atoms with Gasteiger partial charge in [-0.25, -0.2) is 0 Å². The first-order chi connectivity index (χ1) is 29.3. The van der Waals surface area contributed by atoms with Gasteiger partial charge in [-0.3, -0.25) is 0 Å². The predicted molar refractivity (Wildman–Crippen MR) is 254 cm³/mol. The van der Waals surface area contributed by atoms with E-state index in [2.05, 4.69) is 244 Å². The summed E-state index contributed by atoms with van der Waals surface area (Å²) in [6.07, 6.45) is 0. The molecule has 0 unspecified atom stereocenters. The molecule has 0 bridgehead atoms. The van der Waals surface area contributed by atoms with Crippen molar-refractivity contribution < 1.29 is 0 Å². The highest BCUT2D eigenvalue weighted by Crippen LogP contribution is 2.54. The van der Waals surface area contributed by atoms with E-state index in [1.54, 1.807) is 0 Å². The van der Waals surface area contributed by atoms with Gasteiger partial charge in [-0.05, 0) is 128 Å². The lowest BCUT2D eigenvalue weighted by molar-refractivity contribution is 0.660. The van der Waals surface area contributed by atoms with E-state index >= 15 is 0 Å². The monoisotopic (exact) mass is 770 g/mol. The van der Waals surface area contributed by atoms with E-state index < -0.39 is 0 Å². The molecular weight excluding hydrogens is 725 g/mol. The summed E-state index contributed by atoms with van der Waals surface area (Å²) in [6.45, 7) is 9.51. The van der Waals surface area contributed by atoms with Crippen molar-refractivity contribution in [3.05, 3.63) is 229 Å². The molecule has 0 saturated heterocycles. The Morgan fingerprint density at radius 3 is 1.37 bits per heavy atom. The number of benzene rings is 9. The minimum Gasteiger partial charge on any atom is -0.310 e. The molecule has 11 rings (SSSR count). The zero-order valence-corrected chi connectivity index (χ0v) is 34.5. The summed E-state index contributed by atoms with van der Waals surface area (Å²) in [6, 6.07) is 76.0. The fraction of sp³-hybridized carbons (Fsp3) is 0.103. The normalized spacial score (nSPS) is 13.9. The molecule has 0 saturated carbocycles. The molecule has 2 heteroatoms. The Morgan fingerprint density at radius 2 is 0.733 bits per heavy atom. The summed E-state index contributed by atoms with van der Waals surface area (Å²) in [5, 5.41) is 2.46. The molecule has 0 spiro atoms. The summed E-state index contributed by atoms with van der Waals surface area (Å²) >= 11 is 0. The number of rotatable bonds is 7. The average molecular weight is 771 g/mol. The molecule has 0 aliphatic heterocycles. The maximum Gasteiger partial charge on any atom is 0.0540 e. The van der Waals surface area contributed by atoms with Crippen LogP contribution in [-0.4, -0.2) is 0 Å². The largest absolute Gasteiger partial charge is 0.310 e. The smallest absolute Gasteiger partial charge is 0.0540 e. The van der Waals surface area contributed by atoms with Crippen molar-refractivity contribution in [1.29, 1.82) is 0 Å². The van der Waals surface area contributed by atoms with Crippen molar-refractivity contribution in [1.82, 2.24) is 0 Å². The second-order valence-electron chi connectivity index (χ2n) is 17.4. The van der Waals surface area contributed by atoms with E-state index in [4.69, 9.17) is 0 Å². The predicted octanol–water partition coefficient (Wildman–Crippen LogP) is 16.1. The van der Waals surface area contributed by atoms with Gasteiger partial charge in [-0.15, -0.1) is 0 Å². The van der Waals surface area contributed by atoms with Gasteiger partial charge < -0.3 is 9.80 Å². The van der Waals surface area contributed by atoms with Gasteiger partial charge in [0.05, 0.1) is 5.69 Å². The molecule has 0 amide bonds. The Bertz CT molecular complexity index is 3080. The van der Waals surface area contributed by atoms with Crippen molar-refractivity contribution >= 4 is 44.9 Å². The number of anilines is 6. The molecule has 288 valence electrons. The van der Waals surface area contributed by atoms with Crippen LogP contribution in [0, 0.1) is 0 Å². The van der Waals surface area contributed by atoms with Crippen molar-refractivity contribution in [2.24, 2.45) is 0 Å². The highest BCUT2D eigenvalue weighted by molar-refractivity contribution is 5.99. The summed E-state index contributed by atoms with van der Waals surface area (Å²) in [4.78, 5) is 4.87. The molecule has 2 nitrogen and oxygen atoms in total. The lowest BCUT2D eigenvalue weighted by atomic mass is 9.82. The van der Waals surface area contributed by atoms with E-state index in [1.165, 1.54) is 72.1 Å². The van der Waals surface area contributed by atoms with Gasteiger partial charge in [0.25, 0.3) is 0 Å². The van der Waals surface area contributed by atoms with Crippen LogP contribution in [-0.2, 0) is 10.8 Å². The number of hydrogen-bond donors (Lipinski definition) is 0. The van der Waals surface area contributed by atoms with Crippen molar-refractivity contribution in [2.75, 3.05) is 9.80 Å². The molecule has 0 fully saturated rings. The van der Waals surface area contributed by atoms with E-state index in [1.807, 2.05) is 0 Å². The van der Waals surface area contributed by atoms with Crippen LogP contribution >= 0.6 is 0 Å². The van der Waals surface area contributed by atoms with Gasteiger partial charge >= 0.3 is 0 Å². The fourth-order valence-electron chi connectivity index (χ4n) is 10.1. The molecule has 0 N–H and O–H groups in total. The maximum absolute atomic E-state index is 2.45. The van der Waals surface area contributed by atoms with Gasteiger partial charge in [-0.2, -0.15) is 0 Å². The Labute approximate surface area is 353 Å². The van der Waals surface area contributed by atoms with Crippen LogP contribution < -0.4 is 9.80 Å². The quantitative estimate of drug-likeness (QED) is 0.159. The Morgan fingerprint density at radius 1 is 0.300 bits per heavy atom. The first-order valence-electron chi connectivity index (χ1n) is 21.1. The minimum atomic E-state index is -0.248. The molecule has 0 atom stereocenters. The third-order valence-corrected chi connectivity index (χ3v) is 13.2. The molecule has 0 heterocycles. The standard InChI is InChI=1S/C58H46N2/c1-57(2)52-24-14-13-23-48(52)49-33-30-44(36-53(49)57)59(43-28-26-40(27-29-43)39-16-7-5-8-17-39)45-31-34-50-51-35-32-46(38-55(51)58(3,4)54(50)37-45)60(42-20-9-6-10-21-42)56-25-15-19-41-18-11-12-22-47(41)56/h5-38H,1-4H3. The molecular formula is C58H46N2. The second-order valence-corrected chi connectivity index (χ2v) is 17.4. The minimum absolute atomic E-state index is 0.107. The molecule has 2 aliphatic rings. The lowest BCUT2D eigenvalue weighted by Crippen LogP contribution is -2.18. The Balaban J connectivity index is 1.04. The van der Waals surface area contributed by atoms with Crippen molar-refractivity contribution in [3.8, 4) is 33.4 Å². The van der Waals surface area contributed by atoms with E-state index in [0.29, 0.717) is 0 Å². The summed E-state index contributed by atoms with van der Waals surface area (Å²) < 4.78 is 0. The highest BCUT2D eigenvalue weighted by Gasteiger charge is 2.38. The fourth-order valence-corrected chi connectivity index (χ4v) is 10.1. The highest BCUT2D eigenvalue weighted by atomic mass is 15.1. The van der Waals surface area contributed by atoms with Crippen LogP contribution in [0.3, 0.4) is 0 Å². The molecule has 60 heavy (non-hydrogen) atoms. The third-order valence-electron chi connectivity index (χ3n) is 13.2. The number of fused-ring (bicyclic) bond motifs is 7. The SMILES string of the molecule is CC1(C)c2ccccc2-c2ccc(N(c3ccc(-c4ccccc4)cc3)c3ccc4c(c3)C(C)(C)c3cc(N(c5ccccc5)c5cccc6ccccc56)ccc3-4)cc21. The Kier molecular flexibility index (Phi) is 8.22. The van der Waals surface area contributed by atoms with Crippen LogP contribution in [0.1, 0.15) is 49.9 Å². The zero-order chi connectivity index (χ0) is 40.6. The molecule has 0 aromatic heterocycles. The topological polar surface area (TPSA) is 6.48 Å². The van der Waals surface area contributed by atoms with E-state index in [-0.39, 0.29) is 10.8 Å². The third kappa shape index (κ3) is 5.62. The van der Waals surface area contributed by atoms with Gasteiger partial charge in [-0.1, -0.05) is 167 Å². The van der Waals surface area contributed by atoms with Crippen LogP contribution in [0.5, 0.6) is 0 Å². The van der Waals surface area contributed by atoms with Crippen molar-refractivity contribution in [2.45, 2.75) is 38.5 Å².